The highest BCUT2D eigenvalue weighted by Gasteiger charge is 2.53. The highest BCUT2D eigenvalue weighted by atomic mass is 16.1. The first-order valence-electron chi connectivity index (χ1n) is 5.34. The number of hydrogen-bond donors (Lipinski definition) is 0. The summed E-state index contributed by atoms with van der Waals surface area (Å²) in [5, 5.41) is 0. The van der Waals surface area contributed by atoms with Gasteiger partial charge in [-0.2, -0.15) is 0 Å². The van der Waals surface area contributed by atoms with E-state index in [-0.39, 0.29) is 23.0 Å². The number of fused-ring (bicyclic) bond motifs is 2. The normalized spacial score (nSPS) is 59.6. The molecule has 1 nitrogen and oxygen atoms in total. The smallest absolute Gasteiger partial charge is 0.136 e. The molecule has 0 aliphatic heterocycles. The first-order chi connectivity index (χ1) is 5.79. The van der Waals surface area contributed by atoms with Crippen molar-refractivity contribution in [3.05, 3.63) is 0 Å². The first-order valence-corrected chi connectivity index (χ1v) is 3.76. The van der Waals surface area contributed by atoms with Gasteiger partial charge in [0.15, 0.2) is 0 Å². The van der Waals surface area contributed by atoms with E-state index < -0.39 is 12.8 Å². The maximum absolute atomic E-state index is 11.6. The van der Waals surface area contributed by atoms with Crippen molar-refractivity contribution < 1.29 is 8.91 Å². The van der Waals surface area contributed by atoms with Crippen molar-refractivity contribution in [1.82, 2.24) is 0 Å². The molecular formula is C9H14O. The standard InChI is InChI=1S/C9H14O/c1-9(2)6-3-4-8(10)7(9)5-6/h6-7H,3-5H2,1-2H3/i3D,4D2/t3-,6?,7?/m1/s1. The Morgan fingerprint density at radius 3 is 2.90 bits per heavy atom. The molecule has 0 spiro atoms. The van der Waals surface area contributed by atoms with Crippen molar-refractivity contribution in [3.63, 3.8) is 0 Å². The Morgan fingerprint density at radius 1 is 1.70 bits per heavy atom. The number of rotatable bonds is 0. The van der Waals surface area contributed by atoms with Crippen LogP contribution < -0.4 is 0 Å². The van der Waals surface area contributed by atoms with Crippen LogP contribution in [0.2, 0.25) is 0 Å². The molecule has 0 heterocycles. The predicted octanol–water partition coefficient (Wildman–Crippen LogP) is 2.01. The molecule has 3 aliphatic carbocycles. The molecule has 0 aromatic carbocycles. The van der Waals surface area contributed by atoms with Gasteiger partial charge in [0, 0.05) is 16.4 Å². The van der Waals surface area contributed by atoms with Gasteiger partial charge >= 0.3 is 0 Å². The Morgan fingerprint density at radius 2 is 2.40 bits per heavy atom. The van der Waals surface area contributed by atoms with Crippen LogP contribution in [0.4, 0.5) is 0 Å². The molecule has 2 unspecified atom stereocenters. The molecule has 3 atom stereocenters. The second-order valence-electron chi connectivity index (χ2n) is 3.89. The van der Waals surface area contributed by atoms with Crippen molar-refractivity contribution in [3.8, 4) is 0 Å². The van der Waals surface area contributed by atoms with Crippen molar-refractivity contribution in [2.75, 3.05) is 0 Å². The van der Waals surface area contributed by atoms with Gasteiger partial charge in [0.25, 0.3) is 0 Å². The lowest BCUT2D eigenvalue weighted by Gasteiger charge is -2.55. The van der Waals surface area contributed by atoms with E-state index in [1.54, 1.807) is 0 Å². The SMILES string of the molecule is [2H][C@H]1C2CC(C(=O)C1([2H])[2H])C2(C)C. The molecule has 0 amide bonds. The minimum absolute atomic E-state index is 0.0604. The molecule has 2 bridgehead atoms. The Kier molecular flexibility index (Phi) is 0.635. The van der Waals surface area contributed by atoms with E-state index in [9.17, 15) is 4.79 Å². The van der Waals surface area contributed by atoms with Gasteiger partial charge in [0.1, 0.15) is 5.78 Å². The van der Waals surface area contributed by atoms with Crippen LogP contribution in [0, 0.1) is 17.3 Å². The van der Waals surface area contributed by atoms with Gasteiger partial charge in [0.2, 0.25) is 0 Å². The van der Waals surface area contributed by atoms with Crippen LogP contribution in [0.25, 0.3) is 0 Å². The van der Waals surface area contributed by atoms with Crippen LogP contribution >= 0.6 is 0 Å². The predicted molar refractivity (Wildman–Crippen MR) is 39.6 cm³/mol. The van der Waals surface area contributed by atoms with Crippen LogP contribution in [0.15, 0.2) is 0 Å². The van der Waals surface area contributed by atoms with Crippen LogP contribution in [0.1, 0.15) is 37.2 Å². The van der Waals surface area contributed by atoms with Crippen molar-refractivity contribution >= 4 is 5.78 Å². The lowest BCUT2D eigenvalue weighted by Crippen LogP contribution is -2.52. The highest BCUT2D eigenvalue weighted by Crippen LogP contribution is 2.57. The fraction of sp³-hybridized carbons (Fsp3) is 0.889. The number of carbonyl (C=O) groups excluding carboxylic acids is 1. The first kappa shape index (κ1) is 3.89. The Balaban J connectivity index is 2.37. The number of hydrogen-bond acceptors (Lipinski definition) is 1. The lowest BCUT2D eigenvalue weighted by atomic mass is 9.48. The monoisotopic (exact) mass is 141 g/mol. The topological polar surface area (TPSA) is 17.1 Å². The Labute approximate surface area is 66.0 Å². The number of ketones is 1. The van der Waals surface area contributed by atoms with E-state index in [1.807, 2.05) is 13.8 Å². The fourth-order valence-electron chi connectivity index (χ4n) is 1.97. The summed E-state index contributed by atoms with van der Waals surface area (Å²) in [6, 6.07) is 0. The summed E-state index contributed by atoms with van der Waals surface area (Å²) < 4.78 is 22.7. The molecule has 0 saturated heterocycles. The Hall–Kier alpha value is -0.330. The second kappa shape index (κ2) is 1.63. The highest BCUT2D eigenvalue weighted by molar-refractivity contribution is 5.84. The third kappa shape index (κ3) is 0.561. The van der Waals surface area contributed by atoms with Gasteiger partial charge in [-0.1, -0.05) is 13.8 Å². The summed E-state index contributed by atoms with van der Waals surface area (Å²) in [5.41, 5.74) is -0.144. The molecule has 0 radical (unpaired) electrons. The summed E-state index contributed by atoms with van der Waals surface area (Å²) in [6.07, 6.45) is -2.04. The minimum Gasteiger partial charge on any atom is -0.299 e. The summed E-state index contributed by atoms with van der Waals surface area (Å²) in [5.74, 6) is -0.431. The molecule has 0 N–H and O–H groups in total. The van der Waals surface area contributed by atoms with Gasteiger partial charge in [-0.3, -0.25) is 4.79 Å². The molecule has 3 aliphatic rings. The van der Waals surface area contributed by atoms with Gasteiger partial charge in [-0.05, 0) is 24.2 Å². The molecule has 3 fully saturated rings. The zero-order valence-electron chi connectivity index (χ0n) is 9.35. The van der Waals surface area contributed by atoms with Crippen molar-refractivity contribution in [2.24, 2.45) is 17.3 Å². The zero-order valence-corrected chi connectivity index (χ0v) is 6.35. The van der Waals surface area contributed by atoms with E-state index >= 15 is 0 Å². The largest absolute Gasteiger partial charge is 0.299 e. The quantitative estimate of drug-likeness (QED) is 0.504. The zero-order chi connectivity index (χ0) is 10.0. The third-order valence-corrected chi connectivity index (χ3v) is 3.09. The van der Waals surface area contributed by atoms with E-state index in [2.05, 4.69) is 0 Å². The van der Waals surface area contributed by atoms with Crippen molar-refractivity contribution in [2.45, 2.75) is 33.0 Å². The molecule has 3 rings (SSSR count). The second-order valence-corrected chi connectivity index (χ2v) is 3.89. The maximum atomic E-state index is 11.6. The van der Waals surface area contributed by atoms with Crippen LogP contribution in [0.5, 0.6) is 0 Å². The van der Waals surface area contributed by atoms with Crippen LogP contribution in [0.3, 0.4) is 0 Å². The minimum atomic E-state index is -1.90. The van der Waals surface area contributed by atoms with Gasteiger partial charge < -0.3 is 0 Å². The molecule has 0 aromatic rings. The summed E-state index contributed by atoms with van der Waals surface area (Å²) in [4.78, 5) is 11.6. The van der Waals surface area contributed by atoms with Gasteiger partial charge in [-0.25, -0.2) is 0 Å². The number of carbonyl (C=O) groups is 1. The van der Waals surface area contributed by atoms with E-state index in [1.165, 1.54) is 0 Å². The molecule has 1 heteroatoms. The average molecular weight is 141 g/mol. The molecular weight excluding hydrogens is 124 g/mol. The maximum Gasteiger partial charge on any atom is 0.136 e. The van der Waals surface area contributed by atoms with E-state index in [0.717, 1.165) is 6.42 Å². The van der Waals surface area contributed by atoms with E-state index in [4.69, 9.17) is 4.11 Å². The van der Waals surface area contributed by atoms with Gasteiger partial charge in [0.05, 0.1) is 0 Å². The van der Waals surface area contributed by atoms with E-state index in [0.29, 0.717) is 0 Å². The van der Waals surface area contributed by atoms with Crippen LogP contribution in [-0.4, -0.2) is 5.78 Å². The average Bonchev–Trinajstić information content (AvgIpc) is 1.99. The fourth-order valence-corrected chi connectivity index (χ4v) is 1.97. The summed E-state index contributed by atoms with van der Waals surface area (Å²) in [7, 11) is 0. The molecule has 3 saturated carbocycles. The lowest BCUT2D eigenvalue weighted by molar-refractivity contribution is -0.148. The molecule has 10 heavy (non-hydrogen) atoms. The summed E-state index contributed by atoms with van der Waals surface area (Å²) >= 11 is 0. The van der Waals surface area contributed by atoms with Crippen LogP contribution in [-0.2, 0) is 4.79 Å². The van der Waals surface area contributed by atoms with Crippen molar-refractivity contribution in [1.29, 1.82) is 0 Å². The van der Waals surface area contributed by atoms with Gasteiger partial charge in [-0.15, -0.1) is 0 Å². The number of Topliss-reactive ketones (excluding diaryl/α,β-unsaturated/α-hetero) is 1. The third-order valence-electron chi connectivity index (χ3n) is 3.09. The Bertz CT molecular complexity index is 272. The molecule has 56 valence electrons. The summed E-state index contributed by atoms with van der Waals surface area (Å²) in [6.45, 7) is 3.95. The molecule has 0 aromatic heterocycles.